The first-order valence-electron chi connectivity index (χ1n) is 4.99. The maximum absolute atomic E-state index is 11.9. The highest BCUT2D eigenvalue weighted by Gasteiger charge is 2.09. The van der Waals surface area contributed by atoms with Gasteiger partial charge in [0.05, 0.1) is 20.6 Å². The lowest BCUT2D eigenvalue weighted by atomic mass is 10.2. The number of methoxy groups -OCH3 is 1. The molecular formula is C12H9ClINO2S. The fourth-order valence-corrected chi connectivity index (χ4v) is 2.89. The molecule has 3 nitrogen and oxygen atoms in total. The van der Waals surface area contributed by atoms with E-state index in [2.05, 4.69) is 27.9 Å². The van der Waals surface area contributed by atoms with Gasteiger partial charge >= 0.3 is 0 Å². The Kier molecular flexibility index (Phi) is 4.47. The number of anilines is 1. The molecule has 0 atom stereocenters. The summed E-state index contributed by atoms with van der Waals surface area (Å²) in [5, 5.41) is 5.14. The maximum atomic E-state index is 11.9. The Morgan fingerprint density at radius 1 is 1.44 bits per heavy atom. The first-order valence-corrected chi connectivity index (χ1v) is 7.32. The van der Waals surface area contributed by atoms with Crippen LogP contribution in [0.4, 0.5) is 5.69 Å². The van der Waals surface area contributed by atoms with Gasteiger partial charge in [0.2, 0.25) is 0 Å². The van der Waals surface area contributed by atoms with Crippen LogP contribution in [-0.4, -0.2) is 13.0 Å². The molecule has 2 aromatic rings. The van der Waals surface area contributed by atoms with Crippen LogP contribution in [0.1, 0.15) is 10.4 Å². The molecule has 0 saturated heterocycles. The summed E-state index contributed by atoms with van der Waals surface area (Å²) in [5.41, 5.74) is 1.31. The molecule has 0 aliphatic rings. The molecule has 0 aliphatic heterocycles. The van der Waals surface area contributed by atoms with E-state index in [0.717, 1.165) is 2.88 Å². The number of carbonyl (C=O) groups is 1. The van der Waals surface area contributed by atoms with Crippen molar-refractivity contribution in [3.8, 4) is 5.75 Å². The third-order valence-electron chi connectivity index (χ3n) is 2.24. The molecule has 0 unspecified atom stereocenters. The van der Waals surface area contributed by atoms with Gasteiger partial charge in [-0.15, -0.1) is 11.3 Å². The molecule has 0 bridgehead atoms. The average Bonchev–Trinajstić information content (AvgIpc) is 2.78. The van der Waals surface area contributed by atoms with Crippen LogP contribution in [-0.2, 0) is 0 Å². The third kappa shape index (κ3) is 3.15. The summed E-state index contributed by atoms with van der Waals surface area (Å²) in [6.07, 6.45) is 0. The van der Waals surface area contributed by atoms with Crippen molar-refractivity contribution in [1.29, 1.82) is 0 Å². The van der Waals surface area contributed by atoms with Crippen molar-refractivity contribution >= 4 is 57.1 Å². The predicted molar refractivity (Wildman–Crippen MR) is 83.0 cm³/mol. The lowest BCUT2D eigenvalue weighted by molar-refractivity contribution is 0.102. The number of thiophene rings is 1. The monoisotopic (exact) mass is 393 g/mol. The van der Waals surface area contributed by atoms with Crippen molar-refractivity contribution in [2.75, 3.05) is 12.4 Å². The Morgan fingerprint density at radius 3 is 2.83 bits per heavy atom. The molecule has 1 heterocycles. The van der Waals surface area contributed by atoms with E-state index >= 15 is 0 Å². The van der Waals surface area contributed by atoms with E-state index in [1.165, 1.54) is 18.4 Å². The summed E-state index contributed by atoms with van der Waals surface area (Å²) < 4.78 is 6.17. The second-order valence-electron chi connectivity index (χ2n) is 3.44. The number of nitrogens with one attached hydrogen (secondary N) is 1. The van der Waals surface area contributed by atoms with E-state index in [9.17, 15) is 4.79 Å². The number of hydrogen-bond acceptors (Lipinski definition) is 3. The Morgan fingerprint density at radius 2 is 2.22 bits per heavy atom. The summed E-state index contributed by atoms with van der Waals surface area (Å²) in [7, 11) is 1.54. The second kappa shape index (κ2) is 5.90. The van der Waals surface area contributed by atoms with Gasteiger partial charge in [-0.3, -0.25) is 4.79 Å². The number of hydrogen-bond donors (Lipinski definition) is 1. The number of carbonyl (C=O) groups excluding carboxylic acids is 1. The minimum Gasteiger partial charge on any atom is -0.495 e. The number of benzene rings is 1. The van der Waals surface area contributed by atoms with Crippen molar-refractivity contribution in [2.24, 2.45) is 0 Å². The van der Waals surface area contributed by atoms with Crippen molar-refractivity contribution in [2.45, 2.75) is 0 Å². The molecule has 18 heavy (non-hydrogen) atoms. The smallest absolute Gasteiger partial charge is 0.256 e. The highest BCUT2D eigenvalue weighted by Crippen LogP contribution is 2.27. The maximum Gasteiger partial charge on any atom is 0.256 e. The van der Waals surface area contributed by atoms with Gasteiger partial charge in [-0.25, -0.2) is 0 Å². The number of ether oxygens (including phenoxy) is 1. The van der Waals surface area contributed by atoms with E-state index < -0.39 is 0 Å². The molecular weight excluding hydrogens is 385 g/mol. The fourth-order valence-electron chi connectivity index (χ4n) is 1.37. The first-order chi connectivity index (χ1) is 8.60. The Bertz CT molecular complexity index is 585. The minimum atomic E-state index is -0.140. The molecule has 94 valence electrons. The summed E-state index contributed by atoms with van der Waals surface area (Å²) in [4.78, 5) is 11.9. The lowest BCUT2D eigenvalue weighted by Crippen LogP contribution is -2.10. The minimum absolute atomic E-state index is 0.140. The molecule has 0 aliphatic carbocycles. The molecule has 1 aromatic heterocycles. The molecule has 0 saturated carbocycles. The average molecular weight is 394 g/mol. The summed E-state index contributed by atoms with van der Waals surface area (Å²) >= 11 is 9.63. The molecule has 1 aromatic carbocycles. The SMILES string of the molecule is COc1cc(NC(=O)c2csc(I)c2)ccc1Cl. The van der Waals surface area contributed by atoms with Gasteiger partial charge in [-0.1, -0.05) is 11.6 Å². The lowest BCUT2D eigenvalue weighted by Gasteiger charge is -2.07. The molecule has 1 N–H and O–H groups in total. The number of halogens is 2. The van der Waals surface area contributed by atoms with Crippen LogP contribution in [0.2, 0.25) is 5.02 Å². The van der Waals surface area contributed by atoms with Gasteiger partial charge in [0.15, 0.2) is 0 Å². The third-order valence-corrected chi connectivity index (χ3v) is 4.34. The Hall–Kier alpha value is -0.790. The Balaban J connectivity index is 2.16. The van der Waals surface area contributed by atoms with E-state index in [-0.39, 0.29) is 5.91 Å². The van der Waals surface area contributed by atoms with E-state index in [0.29, 0.717) is 22.0 Å². The zero-order valence-corrected chi connectivity index (χ0v) is 13.1. The normalized spacial score (nSPS) is 10.2. The summed E-state index contributed by atoms with van der Waals surface area (Å²) in [5.74, 6) is 0.396. The van der Waals surface area contributed by atoms with Crippen molar-refractivity contribution in [3.05, 3.63) is 43.1 Å². The number of rotatable bonds is 3. The van der Waals surface area contributed by atoms with Gasteiger partial charge in [0, 0.05) is 17.1 Å². The largest absolute Gasteiger partial charge is 0.495 e. The summed E-state index contributed by atoms with van der Waals surface area (Å²) in [6, 6.07) is 6.96. The van der Waals surface area contributed by atoms with E-state index in [1.807, 2.05) is 11.4 Å². The van der Waals surface area contributed by atoms with Gasteiger partial charge < -0.3 is 10.1 Å². The predicted octanol–water partition coefficient (Wildman–Crippen LogP) is 4.27. The molecule has 0 spiro atoms. The highest BCUT2D eigenvalue weighted by molar-refractivity contribution is 14.1. The zero-order valence-electron chi connectivity index (χ0n) is 9.37. The van der Waals surface area contributed by atoms with Crippen molar-refractivity contribution < 1.29 is 9.53 Å². The molecule has 0 radical (unpaired) electrons. The van der Waals surface area contributed by atoms with Crippen LogP contribution in [0.5, 0.6) is 5.75 Å². The second-order valence-corrected chi connectivity index (χ2v) is 6.66. The zero-order chi connectivity index (χ0) is 13.1. The van der Waals surface area contributed by atoms with Crippen LogP contribution >= 0.6 is 45.5 Å². The van der Waals surface area contributed by atoms with Crippen LogP contribution in [0.15, 0.2) is 29.6 Å². The molecule has 6 heteroatoms. The van der Waals surface area contributed by atoms with Crippen LogP contribution in [0.25, 0.3) is 0 Å². The van der Waals surface area contributed by atoms with Crippen molar-refractivity contribution in [1.82, 2.24) is 0 Å². The first kappa shape index (κ1) is 13.6. The molecule has 0 fully saturated rings. The van der Waals surface area contributed by atoms with Crippen LogP contribution in [0, 0.1) is 2.88 Å². The number of amides is 1. The fraction of sp³-hybridized carbons (Fsp3) is 0.0833. The van der Waals surface area contributed by atoms with Crippen LogP contribution in [0.3, 0.4) is 0 Å². The van der Waals surface area contributed by atoms with Gasteiger partial charge in [-0.05, 0) is 40.8 Å². The van der Waals surface area contributed by atoms with Gasteiger partial charge in [0.25, 0.3) is 5.91 Å². The van der Waals surface area contributed by atoms with Crippen LogP contribution < -0.4 is 10.1 Å². The van der Waals surface area contributed by atoms with Gasteiger partial charge in [-0.2, -0.15) is 0 Å². The van der Waals surface area contributed by atoms with Crippen molar-refractivity contribution in [3.63, 3.8) is 0 Å². The summed E-state index contributed by atoms with van der Waals surface area (Å²) in [6.45, 7) is 0. The Labute approximate surface area is 127 Å². The topological polar surface area (TPSA) is 38.3 Å². The highest BCUT2D eigenvalue weighted by atomic mass is 127. The van der Waals surface area contributed by atoms with Gasteiger partial charge in [0.1, 0.15) is 5.75 Å². The standard InChI is InChI=1S/C12H9ClINO2S/c1-17-10-5-8(2-3-9(10)13)15-12(16)7-4-11(14)18-6-7/h2-6H,1H3,(H,15,16). The van der Waals surface area contributed by atoms with E-state index in [4.69, 9.17) is 16.3 Å². The quantitative estimate of drug-likeness (QED) is 0.791. The van der Waals surface area contributed by atoms with E-state index in [1.54, 1.807) is 18.2 Å². The molecule has 2 rings (SSSR count). The molecule has 1 amide bonds.